The maximum atomic E-state index is 16.1. The number of aromatic amines is 2. The minimum absolute atomic E-state index is 0.142. The molecule has 11 heteroatoms. The van der Waals surface area contributed by atoms with Crippen LogP contribution in [-0.4, -0.2) is 46.0 Å². The summed E-state index contributed by atoms with van der Waals surface area (Å²) in [5.41, 5.74) is 4.13. The van der Waals surface area contributed by atoms with Crippen molar-refractivity contribution in [2.75, 3.05) is 5.32 Å². The number of aromatic nitrogens is 8. The molecule has 0 aliphatic carbocycles. The van der Waals surface area contributed by atoms with Crippen LogP contribution in [0.4, 0.5) is 10.1 Å². The van der Waals surface area contributed by atoms with E-state index >= 15 is 4.39 Å². The van der Waals surface area contributed by atoms with Crippen LogP contribution in [0.25, 0.3) is 56.1 Å². The lowest BCUT2D eigenvalue weighted by Crippen LogP contribution is -2.19. The molecule has 6 aromatic rings. The molecular formula is C28H24FN9O. The van der Waals surface area contributed by atoms with Gasteiger partial charge in [-0.2, -0.15) is 5.10 Å². The fourth-order valence-electron chi connectivity index (χ4n) is 4.41. The van der Waals surface area contributed by atoms with Gasteiger partial charge in [0.25, 0.3) is 0 Å². The molecule has 6 aromatic heterocycles. The molecule has 6 rings (SSSR count). The summed E-state index contributed by atoms with van der Waals surface area (Å²) in [4.78, 5) is 37.8. The third kappa shape index (κ3) is 4.70. The molecule has 1 amide bonds. The number of hydrogen-bond acceptors (Lipinski definition) is 7. The summed E-state index contributed by atoms with van der Waals surface area (Å²) in [5.74, 6) is -0.315. The number of H-pyrrole nitrogens is 2. The van der Waals surface area contributed by atoms with E-state index in [9.17, 15) is 4.79 Å². The standard InChI is InChI=1S/C28H24FN9O/c1-28(2,3)11-20(39)34-16-10-15(12-30-13-16)17-14-33-26-21(22(17)29)25(37-38-26)27-35-19-7-9-32-23(24(19)36-27)18-6-4-5-8-31-18/h4-10,12-14H,11H2,1-3H3,(H,34,39)(H,35,36)(H,33,37,38). The fourth-order valence-corrected chi connectivity index (χ4v) is 4.41. The molecule has 0 aromatic carbocycles. The third-order valence-electron chi connectivity index (χ3n) is 6.08. The van der Waals surface area contributed by atoms with Crippen LogP contribution in [0.15, 0.2) is 61.3 Å². The SMILES string of the molecule is CC(C)(C)CC(=O)Nc1cncc(-c2cnc3[nH]nc(-c4nc5c(-c6ccccn6)nccc5[nH]4)c3c2F)c1. The average Bonchev–Trinajstić information content (AvgIpc) is 3.53. The molecule has 0 saturated carbocycles. The van der Waals surface area contributed by atoms with Gasteiger partial charge in [0.15, 0.2) is 11.5 Å². The van der Waals surface area contributed by atoms with Crippen molar-refractivity contribution in [2.45, 2.75) is 27.2 Å². The van der Waals surface area contributed by atoms with Crippen molar-refractivity contribution in [3.8, 4) is 34.0 Å². The first kappa shape index (κ1) is 24.3. The Morgan fingerprint density at radius 3 is 2.69 bits per heavy atom. The maximum absolute atomic E-state index is 16.1. The predicted octanol–water partition coefficient (Wildman–Crippen LogP) is 5.53. The van der Waals surface area contributed by atoms with E-state index in [2.05, 4.69) is 40.4 Å². The second-order valence-corrected chi connectivity index (χ2v) is 10.4. The number of amides is 1. The van der Waals surface area contributed by atoms with Crippen LogP contribution in [-0.2, 0) is 4.79 Å². The lowest BCUT2D eigenvalue weighted by Gasteiger charge is -2.17. The van der Waals surface area contributed by atoms with Crippen LogP contribution in [0.5, 0.6) is 0 Å². The highest BCUT2D eigenvalue weighted by atomic mass is 19.1. The summed E-state index contributed by atoms with van der Waals surface area (Å²) in [6.45, 7) is 5.95. The maximum Gasteiger partial charge on any atom is 0.224 e. The number of pyridine rings is 4. The molecule has 194 valence electrons. The van der Waals surface area contributed by atoms with Gasteiger partial charge in [-0.25, -0.2) is 14.4 Å². The van der Waals surface area contributed by atoms with Gasteiger partial charge in [-0.05, 0) is 29.7 Å². The Kier molecular flexibility index (Phi) is 5.82. The number of nitrogens with one attached hydrogen (secondary N) is 3. The normalized spacial score (nSPS) is 11.8. The highest BCUT2D eigenvalue weighted by Crippen LogP contribution is 2.34. The zero-order valence-corrected chi connectivity index (χ0v) is 21.5. The summed E-state index contributed by atoms with van der Waals surface area (Å²) in [5, 5.41) is 10.1. The molecule has 0 radical (unpaired) electrons. The van der Waals surface area contributed by atoms with Crippen molar-refractivity contribution in [1.82, 2.24) is 40.1 Å². The molecule has 0 aliphatic heterocycles. The average molecular weight is 522 g/mol. The van der Waals surface area contributed by atoms with Crippen LogP contribution >= 0.6 is 0 Å². The van der Waals surface area contributed by atoms with Gasteiger partial charge in [-0.3, -0.25) is 24.8 Å². The third-order valence-corrected chi connectivity index (χ3v) is 6.08. The Bertz CT molecular complexity index is 1840. The van der Waals surface area contributed by atoms with Gasteiger partial charge < -0.3 is 10.3 Å². The number of halogens is 1. The van der Waals surface area contributed by atoms with Gasteiger partial charge >= 0.3 is 0 Å². The summed E-state index contributed by atoms with van der Waals surface area (Å²) in [7, 11) is 0. The number of nitrogens with zero attached hydrogens (tertiary/aromatic N) is 6. The lowest BCUT2D eigenvalue weighted by atomic mass is 9.92. The first-order chi connectivity index (χ1) is 18.8. The number of carbonyl (C=O) groups excluding carboxylic acids is 1. The van der Waals surface area contributed by atoms with Crippen LogP contribution in [0.1, 0.15) is 27.2 Å². The van der Waals surface area contributed by atoms with Gasteiger partial charge in [0.05, 0.1) is 28.5 Å². The summed E-state index contributed by atoms with van der Waals surface area (Å²) >= 11 is 0. The van der Waals surface area contributed by atoms with E-state index < -0.39 is 5.82 Å². The Morgan fingerprint density at radius 2 is 1.90 bits per heavy atom. The van der Waals surface area contributed by atoms with Crippen molar-refractivity contribution >= 4 is 33.7 Å². The smallest absolute Gasteiger partial charge is 0.224 e. The first-order valence-electron chi connectivity index (χ1n) is 12.3. The molecule has 6 heterocycles. The Labute approximate surface area is 222 Å². The van der Waals surface area contributed by atoms with Gasteiger partial charge in [-0.1, -0.05) is 26.8 Å². The summed E-state index contributed by atoms with van der Waals surface area (Å²) in [6, 6.07) is 9.01. The van der Waals surface area contributed by atoms with E-state index in [0.717, 1.165) is 0 Å². The van der Waals surface area contributed by atoms with Crippen LogP contribution in [0.3, 0.4) is 0 Å². The molecule has 0 unspecified atom stereocenters. The van der Waals surface area contributed by atoms with E-state index in [-0.39, 0.29) is 33.6 Å². The van der Waals surface area contributed by atoms with Gasteiger partial charge in [0.1, 0.15) is 22.7 Å². The Hall–Kier alpha value is -5.06. The molecule has 0 aliphatic rings. The molecular weight excluding hydrogens is 497 g/mol. The molecule has 0 spiro atoms. The van der Waals surface area contributed by atoms with Crippen molar-refractivity contribution in [3.05, 3.63) is 67.1 Å². The quantitative estimate of drug-likeness (QED) is 0.271. The van der Waals surface area contributed by atoms with Crippen molar-refractivity contribution in [1.29, 1.82) is 0 Å². The van der Waals surface area contributed by atoms with E-state index in [4.69, 9.17) is 4.98 Å². The Balaban J connectivity index is 1.40. The van der Waals surface area contributed by atoms with E-state index in [0.29, 0.717) is 45.9 Å². The molecule has 0 fully saturated rings. The zero-order chi connectivity index (χ0) is 27.1. The fraction of sp³-hybridized carbons (Fsp3) is 0.179. The lowest BCUT2D eigenvalue weighted by molar-refractivity contribution is -0.117. The van der Waals surface area contributed by atoms with E-state index in [1.165, 1.54) is 18.6 Å². The predicted molar refractivity (Wildman–Crippen MR) is 146 cm³/mol. The minimum Gasteiger partial charge on any atom is -0.336 e. The molecule has 39 heavy (non-hydrogen) atoms. The number of carbonyl (C=O) groups is 1. The van der Waals surface area contributed by atoms with Crippen molar-refractivity contribution in [2.24, 2.45) is 5.41 Å². The molecule has 0 bridgehead atoms. The second kappa shape index (κ2) is 9.35. The Morgan fingerprint density at radius 1 is 1.03 bits per heavy atom. The van der Waals surface area contributed by atoms with Gasteiger partial charge in [0, 0.05) is 42.3 Å². The summed E-state index contributed by atoms with van der Waals surface area (Å²) < 4.78 is 16.1. The number of rotatable bonds is 5. The van der Waals surface area contributed by atoms with Crippen LogP contribution < -0.4 is 5.32 Å². The van der Waals surface area contributed by atoms with Gasteiger partial charge in [-0.15, -0.1) is 0 Å². The van der Waals surface area contributed by atoms with Crippen LogP contribution in [0.2, 0.25) is 0 Å². The molecule has 0 atom stereocenters. The summed E-state index contributed by atoms with van der Waals surface area (Å²) in [6.07, 6.45) is 8.16. The number of imidazole rings is 1. The van der Waals surface area contributed by atoms with E-state index in [1.54, 1.807) is 24.5 Å². The van der Waals surface area contributed by atoms with E-state index in [1.807, 2.05) is 39.0 Å². The number of fused-ring (bicyclic) bond motifs is 2. The second-order valence-electron chi connectivity index (χ2n) is 10.4. The molecule has 0 saturated heterocycles. The molecule has 10 nitrogen and oxygen atoms in total. The number of anilines is 1. The highest BCUT2D eigenvalue weighted by molar-refractivity contribution is 5.97. The zero-order valence-electron chi connectivity index (χ0n) is 21.5. The largest absolute Gasteiger partial charge is 0.336 e. The first-order valence-corrected chi connectivity index (χ1v) is 12.3. The van der Waals surface area contributed by atoms with Gasteiger partial charge in [0.2, 0.25) is 5.91 Å². The molecule has 3 N–H and O–H groups in total. The van der Waals surface area contributed by atoms with Crippen molar-refractivity contribution < 1.29 is 9.18 Å². The van der Waals surface area contributed by atoms with Crippen molar-refractivity contribution in [3.63, 3.8) is 0 Å². The number of hydrogen-bond donors (Lipinski definition) is 3. The topological polar surface area (TPSA) is 138 Å². The monoisotopic (exact) mass is 521 g/mol. The highest BCUT2D eigenvalue weighted by Gasteiger charge is 2.22. The minimum atomic E-state index is -0.535. The van der Waals surface area contributed by atoms with Crippen LogP contribution in [0, 0.1) is 11.2 Å².